The summed E-state index contributed by atoms with van der Waals surface area (Å²) >= 11 is 0. The van der Waals surface area contributed by atoms with Gasteiger partial charge in [-0.25, -0.2) is 0 Å². The predicted molar refractivity (Wildman–Crippen MR) is 108 cm³/mol. The van der Waals surface area contributed by atoms with Crippen LogP contribution in [0.1, 0.15) is 55.7 Å². The second-order valence-corrected chi connectivity index (χ2v) is 9.17. The lowest BCUT2D eigenvalue weighted by molar-refractivity contribution is 0.156. The van der Waals surface area contributed by atoms with Crippen LogP contribution in [0.3, 0.4) is 0 Å². The van der Waals surface area contributed by atoms with Gasteiger partial charge in [0.2, 0.25) is 0 Å². The molecule has 5 rings (SSSR count). The molecule has 2 aromatic carbocycles. The molecule has 0 aliphatic heterocycles. The molecule has 2 N–H and O–H groups in total. The minimum absolute atomic E-state index is 0.0154. The zero-order chi connectivity index (χ0) is 18.6. The minimum atomic E-state index is -0.189. The van der Waals surface area contributed by atoms with Crippen molar-refractivity contribution >= 4 is 0 Å². The molecule has 1 saturated carbocycles. The van der Waals surface area contributed by atoms with E-state index in [1.54, 1.807) is 5.57 Å². The van der Waals surface area contributed by atoms with Gasteiger partial charge in [-0.2, -0.15) is 0 Å². The lowest BCUT2D eigenvalue weighted by atomic mass is 9.54. The van der Waals surface area contributed by atoms with Crippen molar-refractivity contribution in [3.8, 4) is 5.75 Å². The van der Waals surface area contributed by atoms with Gasteiger partial charge >= 0.3 is 0 Å². The van der Waals surface area contributed by atoms with Gasteiger partial charge in [-0.15, -0.1) is 0 Å². The van der Waals surface area contributed by atoms with E-state index in [-0.39, 0.29) is 16.9 Å². The van der Waals surface area contributed by atoms with Crippen LogP contribution in [0.25, 0.3) is 0 Å². The van der Waals surface area contributed by atoms with Crippen LogP contribution in [0.4, 0.5) is 0 Å². The molecular weight excluding hydrogens is 332 g/mol. The van der Waals surface area contributed by atoms with E-state index in [1.165, 1.54) is 22.3 Å². The van der Waals surface area contributed by atoms with Gasteiger partial charge < -0.3 is 10.2 Å². The van der Waals surface area contributed by atoms with E-state index in [1.807, 2.05) is 12.1 Å². The van der Waals surface area contributed by atoms with Crippen LogP contribution in [0, 0.1) is 5.41 Å². The van der Waals surface area contributed by atoms with Crippen molar-refractivity contribution in [3.05, 3.63) is 76.4 Å². The number of aromatic hydroxyl groups is 1. The quantitative estimate of drug-likeness (QED) is 0.734. The maximum absolute atomic E-state index is 10.5. The summed E-state index contributed by atoms with van der Waals surface area (Å²) in [6, 6.07) is 16.8. The molecule has 0 aromatic heterocycles. The number of aliphatic hydroxyl groups excluding tert-OH is 1. The Bertz CT molecular complexity index is 913. The fourth-order valence-electron chi connectivity index (χ4n) is 6.30. The number of hydrogen-bond acceptors (Lipinski definition) is 2. The third-order valence-corrected chi connectivity index (χ3v) is 7.50. The highest BCUT2D eigenvalue weighted by Gasteiger charge is 2.52. The first-order chi connectivity index (χ1) is 13.0. The Balaban J connectivity index is 1.72. The number of aliphatic hydroxyl groups is 1. The topological polar surface area (TPSA) is 40.5 Å². The molecule has 0 bridgehead atoms. The lowest BCUT2D eigenvalue weighted by Crippen LogP contribution is -2.42. The Kier molecular flexibility index (Phi) is 3.77. The summed E-state index contributed by atoms with van der Waals surface area (Å²) < 4.78 is 0. The van der Waals surface area contributed by atoms with Crippen molar-refractivity contribution in [2.24, 2.45) is 5.41 Å². The van der Waals surface area contributed by atoms with Crippen LogP contribution in [-0.2, 0) is 18.3 Å². The van der Waals surface area contributed by atoms with Gasteiger partial charge in [0.25, 0.3) is 0 Å². The largest absolute Gasteiger partial charge is 0.508 e. The van der Waals surface area contributed by atoms with Gasteiger partial charge in [0.15, 0.2) is 0 Å². The second kappa shape index (κ2) is 5.97. The van der Waals surface area contributed by atoms with E-state index < -0.39 is 0 Å². The zero-order valence-electron chi connectivity index (χ0n) is 16.0. The number of allylic oxidation sites excluding steroid dienone is 1. The molecule has 3 aliphatic rings. The van der Waals surface area contributed by atoms with Crippen molar-refractivity contribution in [1.82, 2.24) is 0 Å². The Labute approximate surface area is 161 Å². The third-order valence-electron chi connectivity index (χ3n) is 7.50. The van der Waals surface area contributed by atoms with Gasteiger partial charge in [0.05, 0.1) is 6.10 Å². The highest BCUT2D eigenvalue weighted by Crippen LogP contribution is 2.60. The molecule has 140 valence electrons. The average Bonchev–Trinajstić information content (AvgIpc) is 2.96. The van der Waals surface area contributed by atoms with Crippen LogP contribution in [0.15, 0.2) is 59.7 Å². The van der Waals surface area contributed by atoms with Crippen LogP contribution in [0.2, 0.25) is 0 Å². The van der Waals surface area contributed by atoms with E-state index in [0.717, 1.165) is 44.9 Å². The molecule has 2 heteroatoms. The van der Waals surface area contributed by atoms with E-state index in [2.05, 4.69) is 43.3 Å². The van der Waals surface area contributed by atoms with Gasteiger partial charge in [-0.05, 0) is 79.2 Å². The first-order valence-electron chi connectivity index (χ1n) is 10.3. The third kappa shape index (κ3) is 2.57. The fraction of sp³-hybridized carbons (Fsp3) is 0.440. The van der Waals surface area contributed by atoms with Gasteiger partial charge in [-0.3, -0.25) is 0 Å². The van der Waals surface area contributed by atoms with E-state index in [9.17, 15) is 10.2 Å². The summed E-state index contributed by atoms with van der Waals surface area (Å²) in [6.07, 6.45) is 6.89. The SMILES string of the molecule is C[C@@]12CC[C@]3(Cc4ccccc4)C(=C1C[C@H](O)C2)CCc1cc(O)ccc13. The molecule has 3 aliphatic carbocycles. The van der Waals surface area contributed by atoms with Crippen molar-refractivity contribution in [3.63, 3.8) is 0 Å². The zero-order valence-corrected chi connectivity index (χ0v) is 16.0. The van der Waals surface area contributed by atoms with Crippen LogP contribution < -0.4 is 0 Å². The summed E-state index contributed by atoms with van der Waals surface area (Å²) in [6.45, 7) is 2.37. The average molecular weight is 360 g/mol. The number of hydrogen-bond donors (Lipinski definition) is 2. The molecule has 1 fully saturated rings. The van der Waals surface area contributed by atoms with Crippen LogP contribution in [0.5, 0.6) is 5.75 Å². The molecule has 0 radical (unpaired) electrons. The molecule has 3 atom stereocenters. The summed E-state index contributed by atoms with van der Waals surface area (Å²) in [4.78, 5) is 0. The van der Waals surface area contributed by atoms with E-state index in [0.29, 0.717) is 5.75 Å². The fourth-order valence-corrected chi connectivity index (χ4v) is 6.30. The van der Waals surface area contributed by atoms with Gasteiger partial charge in [0.1, 0.15) is 5.75 Å². The number of fused-ring (bicyclic) bond motifs is 4. The molecule has 0 heterocycles. The molecule has 0 unspecified atom stereocenters. The standard InChI is InChI=1S/C25H28O2/c1-24-11-12-25(15-17-5-3-2-4-6-17)21-10-8-19(26)13-18(21)7-9-22(25)23(24)14-20(27)16-24/h2-6,8,10,13,20,26-27H,7,9,11-12,14-16H2,1H3/t20-,24-,25+/m0/s1. The van der Waals surface area contributed by atoms with Crippen molar-refractivity contribution in [2.45, 2.75) is 63.4 Å². The predicted octanol–water partition coefficient (Wildman–Crippen LogP) is 5.07. The number of aryl methyl sites for hydroxylation is 1. The van der Waals surface area contributed by atoms with Crippen molar-refractivity contribution in [1.29, 1.82) is 0 Å². The van der Waals surface area contributed by atoms with Crippen molar-refractivity contribution < 1.29 is 10.2 Å². The highest BCUT2D eigenvalue weighted by molar-refractivity contribution is 5.53. The lowest BCUT2D eigenvalue weighted by Gasteiger charge is -2.50. The molecular formula is C25H28O2. The highest BCUT2D eigenvalue weighted by atomic mass is 16.3. The van der Waals surface area contributed by atoms with Gasteiger partial charge in [-0.1, -0.05) is 54.5 Å². The monoisotopic (exact) mass is 360 g/mol. The molecule has 2 aromatic rings. The summed E-state index contributed by atoms with van der Waals surface area (Å²) in [5.74, 6) is 0.372. The van der Waals surface area contributed by atoms with Crippen LogP contribution in [-0.4, -0.2) is 16.3 Å². The molecule has 0 spiro atoms. The number of benzene rings is 2. The Morgan fingerprint density at radius 2 is 1.81 bits per heavy atom. The molecule has 27 heavy (non-hydrogen) atoms. The molecule has 2 nitrogen and oxygen atoms in total. The minimum Gasteiger partial charge on any atom is -0.508 e. The Morgan fingerprint density at radius 1 is 1.00 bits per heavy atom. The Hall–Kier alpha value is -2.06. The molecule has 0 saturated heterocycles. The summed E-state index contributed by atoms with van der Waals surface area (Å²) in [7, 11) is 0. The number of rotatable bonds is 2. The molecule has 0 amide bonds. The number of phenols is 1. The van der Waals surface area contributed by atoms with Crippen LogP contribution >= 0.6 is 0 Å². The van der Waals surface area contributed by atoms with Gasteiger partial charge in [0, 0.05) is 5.41 Å². The second-order valence-electron chi connectivity index (χ2n) is 9.17. The van der Waals surface area contributed by atoms with E-state index in [4.69, 9.17) is 0 Å². The first kappa shape index (κ1) is 17.1. The normalized spacial score (nSPS) is 32.0. The van der Waals surface area contributed by atoms with Crippen molar-refractivity contribution in [2.75, 3.05) is 0 Å². The summed E-state index contributed by atoms with van der Waals surface area (Å²) in [5.41, 5.74) is 7.40. The maximum atomic E-state index is 10.5. The number of phenolic OH excluding ortho intramolecular Hbond substituents is 1. The van der Waals surface area contributed by atoms with E-state index >= 15 is 0 Å². The maximum Gasteiger partial charge on any atom is 0.115 e. The first-order valence-corrected chi connectivity index (χ1v) is 10.3. The summed E-state index contributed by atoms with van der Waals surface area (Å²) in [5, 5.41) is 20.5. The smallest absolute Gasteiger partial charge is 0.115 e. The Morgan fingerprint density at radius 3 is 2.63 bits per heavy atom.